The fourth-order valence-corrected chi connectivity index (χ4v) is 3.19. The number of hydrogen-bond donors (Lipinski definition) is 0. The highest BCUT2D eigenvalue weighted by atomic mass is 35.5. The summed E-state index contributed by atoms with van der Waals surface area (Å²) in [6.45, 7) is 2.20. The molecular weight excluding hydrogens is 342 g/mol. The molecule has 0 unspecified atom stereocenters. The van der Waals surface area contributed by atoms with Crippen molar-refractivity contribution in [2.45, 2.75) is 37.1 Å². The maximum Gasteiger partial charge on any atom is 0.214 e. The molecule has 0 aliphatic heterocycles. The summed E-state index contributed by atoms with van der Waals surface area (Å²) in [6.07, 6.45) is 5.29. The maximum absolute atomic E-state index is 5.81. The van der Waals surface area contributed by atoms with Gasteiger partial charge in [-0.15, -0.1) is 5.10 Å². The topological polar surface area (TPSA) is 56.5 Å². The first-order valence-electron chi connectivity index (χ1n) is 7.87. The molecule has 0 aliphatic carbocycles. The lowest BCUT2D eigenvalue weighted by Crippen LogP contribution is -1.99. The smallest absolute Gasteiger partial charge is 0.214 e. The first kappa shape index (κ1) is 16.9. The molecule has 0 atom stereocenters. The van der Waals surface area contributed by atoms with E-state index in [0.29, 0.717) is 5.15 Å². The number of rotatable bonds is 7. The van der Waals surface area contributed by atoms with Gasteiger partial charge in [-0.3, -0.25) is 0 Å². The minimum atomic E-state index is 0.497. The lowest BCUT2D eigenvalue weighted by Gasteiger charge is -2.06. The molecule has 0 amide bonds. The molecule has 0 fully saturated rings. The molecule has 0 spiro atoms. The zero-order valence-electron chi connectivity index (χ0n) is 13.4. The van der Waals surface area contributed by atoms with Crippen LogP contribution in [0.25, 0.3) is 5.69 Å². The van der Waals surface area contributed by atoms with Crippen molar-refractivity contribution in [1.82, 2.24) is 25.2 Å². The van der Waals surface area contributed by atoms with Gasteiger partial charge in [-0.05, 0) is 52.6 Å². The Balaban J connectivity index is 1.69. The van der Waals surface area contributed by atoms with Crippen LogP contribution < -0.4 is 0 Å². The number of thioether (sulfide) groups is 1. The lowest BCUT2D eigenvalue weighted by molar-refractivity contribution is 0.754. The van der Waals surface area contributed by atoms with Crippen molar-refractivity contribution in [3.05, 3.63) is 58.9 Å². The number of nitrogens with zero attached hydrogens (tertiary/aromatic N) is 5. The number of tetrazole rings is 1. The van der Waals surface area contributed by atoms with Crippen LogP contribution in [0.2, 0.25) is 5.15 Å². The van der Waals surface area contributed by atoms with Crippen molar-refractivity contribution >= 4 is 23.4 Å². The molecule has 2 aromatic heterocycles. The van der Waals surface area contributed by atoms with Gasteiger partial charge in [-0.25, -0.2) is 4.98 Å². The number of benzene rings is 1. The third kappa shape index (κ3) is 4.33. The van der Waals surface area contributed by atoms with E-state index in [-0.39, 0.29) is 0 Å². The van der Waals surface area contributed by atoms with E-state index in [9.17, 15) is 0 Å². The van der Waals surface area contributed by atoms with Crippen molar-refractivity contribution < 1.29 is 0 Å². The van der Waals surface area contributed by atoms with E-state index in [4.69, 9.17) is 11.6 Å². The number of pyridine rings is 1. The van der Waals surface area contributed by atoms with Crippen LogP contribution in [-0.4, -0.2) is 25.2 Å². The molecule has 7 heteroatoms. The van der Waals surface area contributed by atoms with Crippen LogP contribution in [0.3, 0.4) is 0 Å². The van der Waals surface area contributed by atoms with Crippen LogP contribution in [0.1, 0.15) is 30.9 Å². The van der Waals surface area contributed by atoms with Crippen molar-refractivity contribution in [3.8, 4) is 5.69 Å². The van der Waals surface area contributed by atoms with Gasteiger partial charge in [0.25, 0.3) is 0 Å². The standard InChI is InChI=1S/C17H18ClN5S/c1-2-3-4-13-5-8-15(9-6-13)23-17(20-21-22-23)24-12-14-7-10-16(18)19-11-14/h5-11H,2-4,12H2,1H3. The summed E-state index contributed by atoms with van der Waals surface area (Å²) in [5, 5.41) is 13.3. The van der Waals surface area contributed by atoms with Crippen molar-refractivity contribution in [1.29, 1.82) is 0 Å². The zero-order valence-corrected chi connectivity index (χ0v) is 15.0. The molecule has 0 N–H and O–H groups in total. The minimum Gasteiger partial charge on any atom is -0.244 e. The Kier molecular flexibility index (Phi) is 5.82. The Morgan fingerprint density at radius 3 is 2.58 bits per heavy atom. The predicted molar refractivity (Wildman–Crippen MR) is 96.6 cm³/mol. The highest BCUT2D eigenvalue weighted by Gasteiger charge is 2.09. The Labute approximate surface area is 150 Å². The number of unbranched alkanes of at least 4 members (excludes halogenated alkanes) is 1. The van der Waals surface area contributed by atoms with Gasteiger partial charge < -0.3 is 0 Å². The Morgan fingerprint density at radius 1 is 1.08 bits per heavy atom. The van der Waals surface area contributed by atoms with Gasteiger partial charge >= 0.3 is 0 Å². The molecule has 24 heavy (non-hydrogen) atoms. The van der Waals surface area contributed by atoms with Gasteiger partial charge in [0, 0.05) is 11.9 Å². The van der Waals surface area contributed by atoms with Gasteiger partial charge in [0.15, 0.2) is 0 Å². The average Bonchev–Trinajstić information content (AvgIpc) is 3.08. The summed E-state index contributed by atoms with van der Waals surface area (Å²) in [5.74, 6) is 0.735. The average molecular weight is 360 g/mol. The third-order valence-electron chi connectivity index (χ3n) is 3.60. The largest absolute Gasteiger partial charge is 0.244 e. The van der Waals surface area contributed by atoms with Gasteiger partial charge in [0.1, 0.15) is 5.15 Å². The summed E-state index contributed by atoms with van der Waals surface area (Å²) in [7, 11) is 0. The third-order valence-corrected chi connectivity index (χ3v) is 4.81. The Bertz CT molecular complexity index is 770. The van der Waals surface area contributed by atoms with Crippen molar-refractivity contribution in [2.75, 3.05) is 0 Å². The Hall–Kier alpha value is -1.92. The van der Waals surface area contributed by atoms with Crippen LogP contribution in [0, 0.1) is 0 Å². The summed E-state index contributed by atoms with van der Waals surface area (Å²) < 4.78 is 1.76. The zero-order chi connectivity index (χ0) is 16.8. The molecule has 0 bridgehead atoms. The van der Waals surface area contributed by atoms with E-state index in [2.05, 4.69) is 51.7 Å². The van der Waals surface area contributed by atoms with E-state index in [1.807, 2.05) is 6.07 Å². The molecule has 3 rings (SSSR count). The van der Waals surface area contributed by atoms with Gasteiger partial charge in [-0.2, -0.15) is 4.68 Å². The van der Waals surface area contributed by atoms with Crippen molar-refractivity contribution in [2.24, 2.45) is 0 Å². The molecule has 0 radical (unpaired) electrons. The van der Waals surface area contributed by atoms with Crippen LogP contribution in [0.4, 0.5) is 0 Å². The maximum atomic E-state index is 5.81. The molecule has 0 aliphatic rings. The van der Waals surface area contributed by atoms with Crippen LogP contribution in [-0.2, 0) is 12.2 Å². The van der Waals surface area contributed by atoms with E-state index in [0.717, 1.165) is 28.6 Å². The number of halogens is 1. The number of aryl methyl sites for hydroxylation is 1. The minimum absolute atomic E-state index is 0.497. The lowest BCUT2D eigenvalue weighted by atomic mass is 10.1. The van der Waals surface area contributed by atoms with E-state index >= 15 is 0 Å². The molecular formula is C17H18ClN5S. The quantitative estimate of drug-likeness (QED) is 0.463. The molecule has 3 aromatic rings. The normalized spacial score (nSPS) is 10.9. The van der Waals surface area contributed by atoms with Crippen molar-refractivity contribution in [3.63, 3.8) is 0 Å². The van der Waals surface area contributed by atoms with Gasteiger partial charge in [-0.1, -0.05) is 54.9 Å². The van der Waals surface area contributed by atoms with Gasteiger partial charge in [0.2, 0.25) is 5.16 Å². The van der Waals surface area contributed by atoms with Crippen LogP contribution in [0.15, 0.2) is 47.8 Å². The first-order chi connectivity index (χ1) is 11.8. The monoisotopic (exact) mass is 359 g/mol. The molecule has 1 aromatic carbocycles. The number of aromatic nitrogens is 5. The van der Waals surface area contributed by atoms with Gasteiger partial charge in [0.05, 0.1) is 5.69 Å². The molecule has 5 nitrogen and oxygen atoms in total. The summed E-state index contributed by atoms with van der Waals surface area (Å²) in [6, 6.07) is 12.2. The summed E-state index contributed by atoms with van der Waals surface area (Å²) >= 11 is 7.38. The van der Waals surface area contributed by atoms with E-state index < -0.39 is 0 Å². The SMILES string of the molecule is CCCCc1ccc(-n2nnnc2SCc2ccc(Cl)nc2)cc1. The fourth-order valence-electron chi connectivity index (χ4n) is 2.26. The second-order valence-corrected chi connectivity index (χ2v) is 6.75. The van der Waals surface area contributed by atoms with Crippen LogP contribution in [0.5, 0.6) is 0 Å². The summed E-state index contributed by atoms with van der Waals surface area (Å²) in [4.78, 5) is 4.09. The predicted octanol–water partition coefficient (Wildman–Crippen LogP) is 4.35. The highest BCUT2D eigenvalue weighted by Crippen LogP contribution is 2.23. The first-order valence-corrected chi connectivity index (χ1v) is 9.23. The van der Waals surface area contributed by atoms with E-state index in [1.54, 1.807) is 28.7 Å². The number of hydrogen-bond acceptors (Lipinski definition) is 5. The molecule has 0 saturated heterocycles. The molecule has 0 saturated carbocycles. The second kappa shape index (κ2) is 8.26. The Morgan fingerprint density at radius 2 is 1.88 bits per heavy atom. The fraction of sp³-hybridized carbons (Fsp3) is 0.294. The molecule has 2 heterocycles. The molecule has 124 valence electrons. The summed E-state index contributed by atoms with van der Waals surface area (Å²) in [5.41, 5.74) is 3.39. The highest BCUT2D eigenvalue weighted by molar-refractivity contribution is 7.98. The second-order valence-electron chi connectivity index (χ2n) is 5.42. The van der Waals surface area contributed by atoms with E-state index in [1.165, 1.54) is 18.4 Å². The van der Waals surface area contributed by atoms with Crippen LogP contribution >= 0.6 is 23.4 Å².